The van der Waals surface area contributed by atoms with E-state index in [2.05, 4.69) is 15.6 Å². The van der Waals surface area contributed by atoms with Gasteiger partial charge in [0.05, 0.1) is 22.8 Å². The minimum Gasteiger partial charge on any atom is -0.508 e. The average molecular weight is 411 g/mol. The van der Waals surface area contributed by atoms with E-state index in [0.29, 0.717) is 28.5 Å². The summed E-state index contributed by atoms with van der Waals surface area (Å²) in [6.07, 6.45) is 3.19. The van der Waals surface area contributed by atoms with Crippen molar-refractivity contribution in [2.45, 2.75) is 6.92 Å². The van der Waals surface area contributed by atoms with Crippen molar-refractivity contribution in [1.29, 1.82) is 0 Å². The number of ketones is 1. The second-order valence-corrected chi connectivity index (χ2v) is 7.11. The fourth-order valence-corrected chi connectivity index (χ4v) is 3.08. The number of phenols is 2. The van der Waals surface area contributed by atoms with Crippen molar-refractivity contribution < 1.29 is 15.0 Å². The second kappa shape index (κ2) is 8.59. The van der Waals surface area contributed by atoms with Crippen LogP contribution in [0.15, 0.2) is 101 Å². The number of nitrogens with one attached hydrogen (secondary N) is 2. The molecule has 1 aliphatic rings. The van der Waals surface area contributed by atoms with Crippen LogP contribution in [0.3, 0.4) is 0 Å². The Kier molecular flexibility index (Phi) is 5.53. The zero-order valence-electron chi connectivity index (χ0n) is 16.8. The van der Waals surface area contributed by atoms with Gasteiger partial charge < -0.3 is 20.8 Å². The van der Waals surface area contributed by atoms with E-state index >= 15 is 0 Å². The monoisotopic (exact) mass is 411 g/mol. The standard InChI is InChI=1S/C25H21N3O3/c1-16-4-2-3-5-21(16)28-23-15-25(31)24(27-18-8-12-20(30)13-9-18)14-22(23)26-17-6-10-19(29)11-7-17/h2-15,27-30H,1H3/b26-22-. The Labute approximate surface area is 179 Å². The zero-order chi connectivity index (χ0) is 21.8. The van der Waals surface area contributed by atoms with Crippen LogP contribution in [0.1, 0.15) is 5.56 Å². The lowest BCUT2D eigenvalue weighted by molar-refractivity contribution is -0.111. The lowest BCUT2D eigenvalue weighted by Gasteiger charge is -2.19. The summed E-state index contributed by atoms with van der Waals surface area (Å²) in [6.45, 7) is 1.98. The molecule has 4 rings (SSSR count). The van der Waals surface area contributed by atoms with Gasteiger partial charge >= 0.3 is 0 Å². The molecule has 0 fully saturated rings. The molecule has 0 unspecified atom stereocenters. The van der Waals surface area contributed by atoms with E-state index in [1.54, 1.807) is 54.6 Å². The molecule has 0 saturated heterocycles. The highest BCUT2D eigenvalue weighted by atomic mass is 16.3. The van der Waals surface area contributed by atoms with Crippen LogP contribution >= 0.6 is 0 Å². The number of phenolic OH excluding ortho intramolecular Hbond substituents is 2. The molecule has 4 N–H and O–H groups in total. The Morgan fingerprint density at radius 1 is 0.742 bits per heavy atom. The van der Waals surface area contributed by atoms with E-state index in [1.807, 2.05) is 31.2 Å². The van der Waals surface area contributed by atoms with Crippen LogP contribution in [-0.4, -0.2) is 21.7 Å². The fraction of sp³-hybridized carbons (Fsp3) is 0.0400. The zero-order valence-corrected chi connectivity index (χ0v) is 16.8. The average Bonchev–Trinajstić information content (AvgIpc) is 2.76. The molecule has 0 heterocycles. The van der Waals surface area contributed by atoms with Crippen molar-refractivity contribution in [1.82, 2.24) is 0 Å². The van der Waals surface area contributed by atoms with Crippen molar-refractivity contribution in [3.8, 4) is 11.5 Å². The molecule has 31 heavy (non-hydrogen) atoms. The van der Waals surface area contributed by atoms with Gasteiger partial charge in [-0.3, -0.25) is 4.79 Å². The first-order chi connectivity index (χ1) is 15.0. The molecule has 0 spiro atoms. The number of aliphatic imine (C=N–C) groups is 1. The topological polar surface area (TPSA) is 94.0 Å². The molecule has 154 valence electrons. The highest BCUT2D eigenvalue weighted by molar-refractivity contribution is 6.24. The molecule has 0 aliphatic heterocycles. The Hall–Kier alpha value is -4.32. The number of carbonyl (C=O) groups is 1. The van der Waals surface area contributed by atoms with Crippen molar-refractivity contribution in [2.75, 3.05) is 10.6 Å². The maximum Gasteiger partial charge on any atom is 0.204 e. The first kappa shape index (κ1) is 20.0. The number of hydrogen-bond donors (Lipinski definition) is 4. The Morgan fingerprint density at radius 2 is 1.39 bits per heavy atom. The molecule has 0 amide bonds. The van der Waals surface area contributed by atoms with Crippen LogP contribution in [0, 0.1) is 6.92 Å². The van der Waals surface area contributed by atoms with Crippen molar-refractivity contribution >= 4 is 28.6 Å². The Bertz CT molecular complexity index is 1210. The third-order valence-electron chi connectivity index (χ3n) is 4.76. The normalized spacial score (nSPS) is 14.7. The summed E-state index contributed by atoms with van der Waals surface area (Å²) in [5.74, 6) is 0.101. The first-order valence-electron chi connectivity index (χ1n) is 9.72. The van der Waals surface area contributed by atoms with Crippen LogP contribution in [0.4, 0.5) is 17.1 Å². The lowest BCUT2D eigenvalue weighted by atomic mass is 10.0. The van der Waals surface area contributed by atoms with Crippen molar-refractivity contribution in [3.05, 3.63) is 102 Å². The van der Waals surface area contributed by atoms with Gasteiger partial charge in [-0.05, 0) is 73.2 Å². The first-order valence-corrected chi connectivity index (χ1v) is 9.72. The number of anilines is 2. The SMILES string of the molecule is Cc1ccccc1NC1=CC(=O)C(Nc2ccc(O)cc2)=C/C1=N/c1ccc(O)cc1. The van der Waals surface area contributed by atoms with Crippen LogP contribution in [-0.2, 0) is 4.79 Å². The van der Waals surface area contributed by atoms with Gasteiger partial charge in [0.2, 0.25) is 5.78 Å². The summed E-state index contributed by atoms with van der Waals surface area (Å²) in [5, 5.41) is 25.4. The van der Waals surface area contributed by atoms with Crippen molar-refractivity contribution in [3.63, 3.8) is 0 Å². The van der Waals surface area contributed by atoms with E-state index in [4.69, 9.17) is 0 Å². The third kappa shape index (κ3) is 4.82. The van der Waals surface area contributed by atoms with Gasteiger partial charge in [-0.25, -0.2) is 4.99 Å². The molecular formula is C25H21N3O3. The minimum absolute atomic E-state index is 0.147. The second-order valence-electron chi connectivity index (χ2n) is 7.11. The van der Waals surface area contributed by atoms with Crippen LogP contribution in [0.25, 0.3) is 0 Å². The smallest absolute Gasteiger partial charge is 0.204 e. The Balaban J connectivity index is 1.70. The van der Waals surface area contributed by atoms with E-state index in [0.717, 1.165) is 11.3 Å². The summed E-state index contributed by atoms with van der Waals surface area (Å²) < 4.78 is 0. The van der Waals surface area contributed by atoms with E-state index in [1.165, 1.54) is 6.08 Å². The van der Waals surface area contributed by atoms with Crippen molar-refractivity contribution in [2.24, 2.45) is 4.99 Å². The van der Waals surface area contributed by atoms with Crippen LogP contribution in [0.5, 0.6) is 11.5 Å². The molecule has 0 radical (unpaired) electrons. The summed E-state index contributed by atoms with van der Waals surface area (Å²) in [5.41, 5.74) is 4.72. The van der Waals surface area contributed by atoms with Crippen LogP contribution in [0.2, 0.25) is 0 Å². The number of aryl methyl sites for hydroxylation is 1. The summed E-state index contributed by atoms with van der Waals surface area (Å²) in [7, 11) is 0. The number of para-hydroxylation sites is 1. The number of hydrogen-bond acceptors (Lipinski definition) is 6. The van der Waals surface area contributed by atoms with Crippen LogP contribution < -0.4 is 10.6 Å². The number of allylic oxidation sites excluding steroid dienone is 2. The van der Waals surface area contributed by atoms with Gasteiger partial charge in [-0.2, -0.15) is 0 Å². The predicted octanol–water partition coefficient (Wildman–Crippen LogP) is 5.05. The number of rotatable bonds is 5. The minimum atomic E-state index is -0.200. The molecule has 0 saturated carbocycles. The van der Waals surface area contributed by atoms with Gasteiger partial charge in [0.25, 0.3) is 0 Å². The molecule has 3 aromatic rings. The molecule has 0 atom stereocenters. The summed E-state index contributed by atoms with van der Waals surface area (Å²) in [6, 6.07) is 20.8. The van der Waals surface area contributed by atoms with Gasteiger partial charge in [0.15, 0.2) is 0 Å². The van der Waals surface area contributed by atoms with E-state index < -0.39 is 0 Å². The lowest BCUT2D eigenvalue weighted by Crippen LogP contribution is -2.22. The molecule has 6 heteroatoms. The third-order valence-corrected chi connectivity index (χ3v) is 4.76. The molecule has 1 aliphatic carbocycles. The van der Waals surface area contributed by atoms with Gasteiger partial charge in [-0.15, -0.1) is 0 Å². The number of benzene rings is 3. The number of carbonyl (C=O) groups excluding carboxylic acids is 1. The maximum atomic E-state index is 12.8. The highest BCUT2D eigenvalue weighted by Gasteiger charge is 2.20. The molecular weight excluding hydrogens is 390 g/mol. The number of aromatic hydroxyl groups is 2. The summed E-state index contributed by atoms with van der Waals surface area (Å²) >= 11 is 0. The molecule has 6 nitrogen and oxygen atoms in total. The molecule has 0 aromatic heterocycles. The largest absolute Gasteiger partial charge is 0.508 e. The quantitative estimate of drug-likeness (QED) is 0.348. The predicted molar refractivity (Wildman–Crippen MR) is 123 cm³/mol. The number of nitrogens with zero attached hydrogens (tertiary/aromatic N) is 1. The summed E-state index contributed by atoms with van der Waals surface area (Å²) in [4.78, 5) is 17.5. The Morgan fingerprint density at radius 3 is 2.06 bits per heavy atom. The maximum absolute atomic E-state index is 12.8. The van der Waals surface area contributed by atoms with Gasteiger partial charge in [-0.1, -0.05) is 18.2 Å². The van der Waals surface area contributed by atoms with E-state index in [-0.39, 0.29) is 17.3 Å². The van der Waals surface area contributed by atoms with E-state index in [9.17, 15) is 15.0 Å². The fourth-order valence-electron chi connectivity index (χ4n) is 3.08. The highest BCUT2D eigenvalue weighted by Crippen LogP contribution is 2.25. The van der Waals surface area contributed by atoms with Gasteiger partial charge in [0, 0.05) is 17.5 Å². The molecule has 3 aromatic carbocycles. The molecule has 0 bridgehead atoms. The van der Waals surface area contributed by atoms with Gasteiger partial charge in [0.1, 0.15) is 11.5 Å².